The molecule has 2 aromatic carbocycles. The molecule has 31 heavy (non-hydrogen) atoms. The normalized spacial score (nSPS) is 22.1. The van der Waals surface area contributed by atoms with Crippen LogP contribution in [0.15, 0.2) is 45.6 Å². The smallest absolute Gasteiger partial charge is 0.346 e. The molecule has 4 aromatic rings. The number of fused-ring (bicyclic) bond motifs is 3. The van der Waals surface area contributed by atoms with Crippen LogP contribution in [0, 0.1) is 0 Å². The first-order chi connectivity index (χ1) is 14.7. The summed E-state index contributed by atoms with van der Waals surface area (Å²) in [6, 6.07) is 11.9. The highest BCUT2D eigenvalue weighted by Gasteiger charge is 2.43. The molecular formula is C25H24N2O3S. The van der Waals surface area contributed by atoms with Crippen molar-refractivity contribution in [1.29, 1.82) is 0 Å². The minimum absolute atomic E-state index is 0.0195. The highest BCUT2D eigenvalue weighted by Crippen LogP contribution is 2.51. The summed E-state index contributed by atoms with van der Waals surface area (Å²) >= 11 is 1.49. The van der Waals surface area contributed by atoms with E-state index in [1.54, 1.807) is 0 Å². The Morgan fingerprint density at radius 2 is 1.90 bits per heavy atom. The molecule has 0 spiro atoms. The van der Waals surface area contributed by atoms with Gasteiger partial charge in [0.1, 0.15) is 10.6 Å². The maximum Gasteiger partial charge on any atom is 0.346 e. The highest BCUT2D eigenvalue weighted by molar-refractivity contribution is 7.21. The third-order valence-corrected chi connectivity index (χ3v) is 8.05. The number of anilines is 1. The predicted octanol–water partition coefficient (Wildman–Crippen LogP) is 5.17. The fourth-order valence-electron chi connectivity index (χ4n) is 5.10. The van der Waals surface area contributed by atoms with E-state index in [0.29, 0.717) is 22.6 Å². The molecule has 0 aliphatic carbocycles. The van der Waals surface area contributed by atoms with Gasteiger partial charge < -0.3 is 14.4 Å². The van der Waals surface area contributed by atoms with Crippen molar-refractivity contribution in [1.82, 2.24) is 4.98 Å². The fourth-order valence-corrected chi connectivity index (χ4v) is 6.07. The topological polar surface area (TPSA) is 66.6 Å². The maximum atomic E-state index is 13.1. The standard InChI is InChI=1S/C25H24N2O3S/c1-24(2)8-10-27-11-9-25(3,29)19-20(27)16(24)13-14-12-15(23(28)30-21(14)19)22-26-17-6-4-5-7-18(17)31-22/h4-7,12-13,29H,8-11H2,1-3H3/t25-/m1/s1. The molecule has 0 saturated carbocycles. The third kappa shape index (κ3) is 2.71. The molecule has 2 aliphatic heterocycles. The molecule has 0 radical (unpaired) electrons. The van der Waals surface area contributed by atoms with Crippen molar-refractivity contribution >= 4 is 38.2 Å². The molecule has 0 unspecified atom stereocenters. The molecule has 6 rings (SSSR count). The number of para-hydroxylation sites is 1. The molecule has 5 nitrogen and oxygen atoms in total. The van der Waals surface area contributed by atoms with E-state index in [9.17, 15) is 9.90 Å². The van der Waals surface area contributed by atoms with Crippen molar-refractivity contribution in [3.05, 3.63) is 57.9 Å². The van der Waals surface area contributed by atoms with Gasteiger partial charge in [0.25, 0.3) is 0 Å². The van der Waals surface area contributed by atoms with E-state index in [4.69, 9.17) is 4.42 Å². The van der Waals surface area contributed by atoms with Crippen LogP contribution in [-0.2, 0) is 11.0 Å². The van der Waals surface area contributed by atoms with E-state index in [1.165, 1.54) is 16.9 Å². The predicted molar refractivity (Wildman–Crippen MR) is 125 cm³/mol. The van der Waals surface area contributed by atoms with E-state index in [1.807, 2.05) is 37.3 Å². The fraction of sp³-hybridized carbons (Fsp3) is 0.360. The van der Waals surface area contributed by atoms with Crippen molar-refractivity contribution in [3.8, 4) is 10.6 Å². The van der Waals surface area contributed by atoms with E-state index in [-0.39, 0.29) is 5.41 Å². The zero-order valence-electron chi connectivity index (χ0n) is 17.9. The monoisotopic (exact) mass is 432 g/mol. The lowest BCUT2D eigenvalue weighted by Gasteiger charge is -2.47. The minimum atomic E-state index is -1.04. The Kier molecular flexibility index (Phi) is 3.79. The molecule has 0 bridgehead atoms. The van der Waals surface area contributed by atoms with E-state index >= 15 is 0 Å². The van der Waals surface area contributed by atoms with Gasteiger partial charge >= 0.3 is 5.63 Å². The summed E-state index contributed by atoms with van der Waals surface area (Å²) < 4.78 is 6.98. The Hall–Kier alpha value is -2.70. The van der Waals surface area contributed by atoms with Crippen LogP contribution in [0.25, 0.3) is 31.8 Å². The molecule has 0 saturated heterocycles. The van der Waals surface area contributed by atoms with Crippen LogP contribution in [0.3, 0.4) is 0 Å². The van der Waals surface area contributed by atoms with Crippen LogP contribution in [-0.4, -0.2) is 23.2 Å². The summed E-state index contributed by atoms with van der Waals surface area (Å²) in [4.78, 5) is 20.1. The maximum absolute atomic E-state index is 13.1. The summed E-state index contributed by atoms with van der Waals surface area (Å²) in [7, 11) is 0. The van der Waals surface area contributed by atoms with Gasteiger partial charge in [-0.1, -0.05) is 26.0 Å². The molecule has 158 valence electrons. The van der Waals surface area contributed by atoms with Crippen molar-refractivity contribution < 1.29 is 9.52 Å². The molecule has 2 aliphatic rings. The van der Waals surface area contributed by atoms with E-state index < -0.39 is 11.2 Å². The van der Waals surface area contributed by atoms with Crippen molar-refractivity contribution in [3.63, 3.8) is 0 Å². The Bertz CT molecular complexity index is 1400. The van der Waals surface area contributed by atoms with Gasteiger partial charge in [-0.05, 0) is 55.0 Å². The summed E-state index contributed by atoms with van der Waals surface area (Å²) in [6.45, 7) is 8.10. The second-order valence-electron chi connectivity index (χ2n) is 9.65. The van der Waals surface area contributed by atoms with Gasteiger partial charge in [0.05, 0.1) is 32.6 Å². The van der Waals surface area contributed by atoms with Gasteiger partial charge in [0, 0.05) is 18.5 Å². The van der Waals surface area contributed by atoms with Gasteiger partial charge in [0.2, 0.25) is 0 Å². The van der Waals surface area contributed by atoms with Gasteiger partial charge in [0.15, 0.2) is 0 Å². The Morgan fingerprint density at radius 1 is 1.13 bits per heavy atom. The van der Waals surface area contributed by atoms with Gasteiger partial charge in [-0.3, -0.25) is 0 Å². The second-order valence-corrected chi connectivity index (χ2v) is 10.7. The molecule has 2 aromatic heterocycles. The lowest BCUT2D eigenvalue weighted by atomic mass is 9.72. The number of aromatic nitrogens is 1. The molecular weight excluding hydrogens is 408 g/mol. The Labute approximate surface area is 184 Å². The summed E-state index contributed by atoms with van der Waals surface area (Å²) in [5, 5.41) is 12.8. The van der Waals surface area contributed by atoms with Gasteiger partial charge in [-0.2, -0.15) is 0 Å². The number of aliphatic hydroxyl groups is 1. The van der Waals surface area contributed by atoms with Crippen LogP contribution in [0.1, 0.15) is 44.7 Å². The first-order valence-electron chi connectivity index (χ1n) is 10.7. The number of nitrogens with zero attached hydrogens (tertiary/aromatic N) is 2. The van der Waals surface area contributed by atoms with Crippen LogP contribution in [0.5, 0.6) is 0 Å². The SMILES string of the molecule is CC1(C)CCN2CC[C@@](C)(O)c3c2c1cc1cc(-c2nc4ccccc4s2)c(=O)oc31. The molecule has 1 N–H and O–H groups in total. The molecule has 0 amide bonds. The lowest BCUT2D eigenvalue weighted by molar-refractivity contribution is 0.0451. The minimum Gasteiger partial charge on any atom is -0.422 e. The second kappa shape index (κ2) is 6.17. The van der Waals surface area contributed by atoms with Crippen LogP contribution in [0.4, 0.5) is 5.69 Å². The van der Waals surface area contributed by atoms with Gasteiger partial charge in [-0.25, -0.2) is 9.78 Å². The first-order valence-corrected chi connectivity index (χ1v) is 11.6. The number of thiazole rings is 1. The average molecular weight is 433 g/mol. The van der Waals surface area contributed by atoms with Crippen molar-refractivity contribution in [2.24, 2.45) is 0 Å². The summed E-state index contributed by atoms with van der Waals surface area (Å²) in [6.07, 6.45) is 1.66. The third-order valence-electron chi connectivity index (χ3n) is 6.98. The molecule has 6 heteroatoms. The largest absolute Gasteiger partial charge is 0.422 e. The molecule has 1 atom stereocenters. The molecule has 4 heterocycles. The van der Waals surface area contributed by atoms with Crippen molar-refractivity contribution in [2.45, 2.75) is 44.6 Å². The number of rotatable bonds is 1. The van der Waals surface area contributed by atoms with E-state index in [0.717, 1.165) is 46.4 Å². The Balaban J connectivity index is 1.68. The highest BCUT2D eigenvalue weighted by atomic mass is 32.1. The van der Waals surface area contributed by atoms with E-state index in [2.05, 4.69) is 29.8 Å². The van der Waals surface area contributed by atoms with Crippen molar-refractivity contribution in [2.75, 3.05) is 18.0 Å². The van der Waals surface area contributed by atoms with Crippen LogP contribution >= 0.6 is 11.3 Å². The summed E-state index contributed by atoms with van der Waals surface area (Å²) in [5.41, 5.74) is 3.40. The summed E-state index contributed by atoms with van der Waals surface area (Å²) in [5.74, 6) is 0. The zero-order valence-corrected chi connectivity index (χ0v) is 18.7. The number of benzene rings is 2. The average Bonchev–Trinajstić information content (AvgIpc) is 3.15. The first kappa shape index (κ1) is 19.0. The lowest BCUT2D eigenvalue weighted by Crippen LogP contribution is -2.45. The zero-order chi connectivity index (χ0) is 21.5. The van der Waals surface area contributed by atoms with Gasteiger partial charge in [-0.15, -0.1) is 11.3 Å². The quantitative estimate of drug-likeness (QED) is 0.421. The molecule has 0 fully saturated rings. The van der Waals surface area contributed by atoms with Crippen LogP contribution in [0.2, 0.25) is 0 Å². The number of hydrogen-bond donors (Lipinski definition) is 1. The van der Waals surface area contributed by atoms with Crippen LogP contribution < -0.4 is 10.5 Å². The number of hydrogen-bond acceptors (Lipinski definition) is 6. The Morgan fingerprint density at radius 3 is 2.71 bits per heavy atom.